The highest BCUT2D eigenvalue weighted by Gasteiger charge is 2.17. The van der Waals surface area contributed by atoms with Crippen LogP contribution in [0.15, 0.2) is 35.0 Å². The Labute approximate surface area is 137 Å². The Hall–Kier alpha value is -2.54. The van der Waals surface area contributed by atoms with E-state index >= 15 is 0 Å². The summed E-state index contributed by atoms with van der Waals surface area (Å²) in [6.45, 7) is 0.0560. The Kier molecular flexibility index (Phi) is 5.59. The SMILES string of the molecule is COc1ccc(O)c(C(=O)OCC(=O)N(C)Cc2ccsc2)c1. The maximum absolute atomic E-state index is 12.0. The van der Waals surface area contributed by atoms with Gasteiger partial charge in [0.05, 0.1) is 7.11 Å². The molecule has 0 bridgehead atoms. The van der Waals surface area contributed by atoms with Crippen LogP contribution in [0.2, 0.25) is 0 Å². The summed E-state index contributed by atoms with van der Waals surface area (Å²) in [6, 6.07) is 6.14. The first-order chi connectivity index (χ1) is 11.0. The third-order valence-electron chi connectivity index (χ3n) is 3.18. The summed E-state index contributed by atoms with van der Waals surface area (Å²) < 4.78 is 9.96. The van der Waals surface area contributed by atoms with Crippen molar-refractivity contribution < 1.29 is 24.2 Å². The number of esters is 1. The maximum atomic E-state index is 12.0. The number of hydrogen-bond donors (Lipinski definition) is 1. The van der Waals surface area contributed by atoms with Crippen molar-refractivity contribution in [3.63, 3.8) is 0 Å². The van der Waals surface area contributed by atoms with Gasteiger partial charge in [0, 0.05) is 13.6 Å². The lowest BCUT2D eigenvalue weighted by Crippen LogP contribution is -2.30. The molecule has 1 aromatic heterocycles. The normalized spacial score (nSPS) is 10.2. The fourth-order valence-corrected chi connectivity index (χ4v) is 2.53. The molecular weight excluding hydrogens is 318 g/mol. The molecule has 0 spiro atoms. The fraction of sp³-hybridized carbons (Fsp3) is 0.250. The number of phenolic OH excluding ortho intramolecular Hbond substituents is 1. The minimum Gasteiger partial charge on any atom is -0.507 e. The number of phenols is 1. The molecule has 0 fully saturated rings. The number of nitrogens with zero attached hydrogens (tertiary/aromatic N) is 1. The molecule has 0 unspecified atom stereocenters. The number of amides is 1. The van der Waals surface area contributed by atoms with E-state index in [1.807, 2.05) is 16.8 Å². The summed E-state index contributed by atoms with van der Waals surface area (Å²) in [5.74, 6) is -0.920. The van der Waals surface area contributed by atoms with Crippen LogP contribution >= 0.6 is 11.3 Å². The van der Waals surface area contributed by atoms with E-state index in [1.165, 1.54) is 30.2 Å². The number of carbonyl (C=O) groups excluding carboxylic acids is 2. The van der Waals surface area contributed by atoms with E-state index in [0.29, 0.717) is 12.3 Å². The van der Waals surface area contributed by atoms with Crippen molar-refractivity contribution in [3.05, 3.63) is 46.2 Å². The Balaban J connectivity index is 1.92. The van der Waals surface area contributed by atoms with Gasteiger partial charge in [0.25, 0.3) is 5.91 Å². The molecule has 0 aliphatic carbocycles. The fourth-order valence-electron chi connectivity index (χ4n) is 1.87. The summed E-state index contributed by atoms with van der Waals surface area (Å²) in [4.78, 5) is 25.4. The van der Waals surface area contributed by atoms with E-state index in [2.05, 4.69) is 0 Å². The molecule has 2 aromatic rings. The quantitative estimate of drug-likeness (QED) is 0.820. The predicted molar refractivity (Wildman–Crippen MR) is 85.7 cm³/mol. The van der Waals surface area contributed by atoms with Crippen molar-refractivity contribution >= 4 is 23.2 Å². The molecule has 0 saturated carbocycles. The first kappa shape index (κ1) is 16.8. The molecule has 0 radical (unpaired) electrons. The van der Waals surface area contributed by atoms with Crippen LogP contribution in [0, 0.1) is 0 Å². The molecule has 1 N–H and O–H groups in total. The Morgan fingerprint density at radius 1 is 1.30 bits per heavy atom. The van der Waals surface area contributed by atoms with Gasteiger partial charge in [-0.25, -0.2) is 4.79 Å². The van der Waals surface area contributed by atoms with Crippen molar-refractivity contribution in [3.8, 4) is 11.5 Å². The van der Waals surface area contributed by atoms with Gasteiger partial charge < -0.3 is 19.5 Å². The molecule has 0 atom stereocenters. The monoisotopic (exact) mass is 335 g/mol. The van der Waals surface area contributed by atoms with Crippen molar-refractivity contribution in [1.82, 2.24) is 4.90 Å². The van der Waals surface area contributed by atoms with Crippen LogP contribution in [0.3, 0.4) is 0 Å². The summed E-state index contributed by atoms with van der Waals surface area (Å²) in [5.41, 5.74) is 0.972. The minimum absolute atomic E-state index is 0.0439. The van der Waals surface area contributed by atoms with Crippen LogP contribution in [-0.2, 0) is 16.1 Å². The molecule has 0 aliphatic rings. The second kappa shape index (κ2) is 7.64. The number of hydrogen-bond acceptors (Lipinski definition) is 6. The number of aromatic hydroxyl groups is 1. The first-order valence-corrected chi connectivity index (χ1v) is 7.74. The third kappa shape index (κ3) is 4.46. The second-order valence-corrected chi connectivity index (χ2v) is 5.62. The molecule has 6 nitrogen and oxygen atoms in total. The summed E-state index contributed by atoms with van der Waals surface area (Å²) >= 11 is 1.55. The van der Waals surface area contributed by atoms with Gasteiger partial charge in [0.2, 0.25) is 0 Å². The van der Waals surface area contributed by atoms with E-state index in [9.17, 15) is 14.7 Å². The summed E-state index contributed by atoms with van der Waals surface area (Å²) in [7, 11) is 3.08. The molecule has 1 heterocycles. The molecule has 7 heteroatoms. The average molecular weight is 335 g/mol. The molecule has 23 heavy (non-hydrogen) atoms. The van der Waals surface area contributed by atoms with Gasteiger partial charge in [-0.1, -0.05) is 0 Å². The van der Waals surface area contributed by atoms with Gasteiger partial charge >= 0.3 is 5.97 Å². The third-order valence-corrected chi connectivity index (χ3v) is 3.91. The Morgan fingerprint density at radius 2 is 2.09 bits per heavy atom. The molecule has 1 aromatic carbocycles. The maximum Gasteiger partial charge on any atom is 0.342 e. The predicted octanol–water partition coefficient (Wildman–Crippen LogP) is 2.28. The zero-order valence-corrected chi connectivity index (χ0v) is 13.6. The largest absolute Gasteiger partial charge is 0.507 e. The van der Waals surface area contributed by atoms with Crippen LogP contribution in [0.4, 0.5) is 0 Å². The molecule has 122 valence electrons. The molecule has 0 aliphatic heterocycles. The van der Waals surface area contributed by atoms with Gasteiger partial charge in [-0.3, -0.25) is 4.79 Å². The summed E-state index contributed by atoms with van der Waals surface area (Å²) in [5, 5.41) is 13.6. The number of ether oxygens (including phenoxy) is 2. The van der Waals surface area contributed by atoms with Gasteiger partial charge in [-0.15, -0.1) is 0 Å². The highest BCUT2D eigenvalue weighted by atomic mass is 32.1. The number of thiophene rings is 1. The minimum atomic E-state index is -0.779. The number of methoxy groups -OCH3 is 1. The molecular formula is C16H17NO5S. The lowest BCUT2D eigenvalue weighted by atomic mass is 10.2. The van der Waals surface area contributed by atoms with E-state index in [0.717, 1.165) is 5.56 Å². The standard InChI is InChI=1S/C16H17NO5S/c1-17(8-11-5-6-23-10-11)15(19)9-22-16(20)13-7-12(21-2)3-4-14(13)18/h3-7,10,18H,8-9H2,1-2H3. The van der Waals surface area contributed by atoms with Gasteiger partial charge in [0.15, 0.2) is 6.61 Å². The number of benzene rings is 1. The zero-order chi connectivity index (χ0) is 16.8. The number of rotatable bonds is 6. The van der Waals surface area contributed by atoms with E-state index in [-0.39, 0.29) is 17.2 Å². The second-order valence-electron chi connectivity index (χ2n) is 4.84. The Bertz CT molecular complexity index is 684. The molecule has 2 rings (SSSR count). The van der Waals surface area contributed by atoms with E-state index in [1.54, 1.807) is 18.4 Å². The van der Waals surface area contributed by atoms with Crippen LogP contribution in [0.5, 0.6) is 11.5 Å². The van der Waals surface area contributed by atoms with Gasteiger partial charge in [-0.2, -0.15) is 11.3 Å². The zero-order valence-electron chi connectivity index (χ0n) is 12.8. The number of likely N-dealkylation sites (N-methyl/N-ethyl adjacent to an activating group) is 1. The van der Waals surface area contributed by atoms with Crippen molar-refractivity contribution in [1.29, 1.82) is 0 Å². The molecule has 0 saturated heterocycles. The lowest BCUT2D eigenvalue weighted by Gasteiger charge is -2.16. The van der Waals surface area contributed by atoms with Gasteiger partial charge in [-0.05, 0) is 40.6 Å². The molecule has 1 amide bonds. The van der Waals surface area contributed by atoms with Crippen LogP contribution in [-0.4, -0.2) is 42.6 Å². The first-order valence-electron chi connectivity index (χ1n) is 6.80. The van der Waals surface area contributed by atoms with Crippen molar-refractivity contribution in [2.75, 3.05) is 20.8 Å². The Morgan fingerprint density at radius 3 is 2.74 bits per heavy atom. The smallest absolute Gasteiger partial charge is 0.342 e. The van der Waals surface area contributed by atoms with Crippen LogP contribution in [0.1, 0.15) is 15.9 Å². The van der Waals surface area contributed by atoms with E-state index < -0.39 is 12.6 Å². The van der Waals surface area contributed by atoms with Crippen molar-refractivity contribution in [2.24, 2.45) is 0 Å². The van der Waals surface area contributed by atoms with E-state index in [4.69, 9.17) is 9.47 Å². The van der Waals surface area contributed by atoms with Gasteiger partial charge in [0.1, 0.15) is 17.1 Å². The van der Waals surface area contributed by atoms with Crippen molar-refractivity contribution in [2.45, 2.75) is 6.54 Å². The highest BCUT2D eigenvalue weighted by Crippen LogP contribution is 2.23. The highest BCUT2D eigenvalue weighted by molar-refractivity contribution is 7.07. The van der Waals surface area contributed by atoms with Crippen LogP contribution in [0.25, 0.3) is 0 Å². The topological polar surface area (TPSA) is 76.1 Å². The average Bonchev–Trinajstić information content (AvgIpc) is 3.05. The van der Waals surface area contributed by atoms with Crippen LogP contribution < -0.4 is 4.74 Å². The summed E-state index contributed by atoms with van der Waals surface area (Å²) in [6.07, 6.45) is 0. The number of carbonyl (C=O) groups is 2. The lowest BCUT2D eigenvalue weighted by molar-refractivity contribution is -0.133.